The third kappa shape index (κ3) is 4.03. The molecular weight excluding hydrogens is 363 g/mol. The van der Waals surface area contributed by atoms with E-state index in [1.54, 1.807) is 46.3 Å². The lowest BCUT2D eigenvalue weighted by Gasteiger charge is -2.32. The second kappa shape index (κ2) is 7.72. The molecule has 6 nitrogen and oxygen atoms in total. The molecule has 2 amide bonds. The number of benzene rings is 1. The van der Waals surface area contributed by atoms with Crippen molar-refractivity contribution in [3.05, 3.63) is 52.3 Å². The second-order valence-corrected chi connectivity index (χ2v) is 6.38. The minimum Gasteiger partial charge on any atom is -0.353 e. The number of carbonyl (C=O) groups is 2. The number of pyridine rings is 1. The van der Waals surface area contributed by atoms with Gasteiger partial charge in [0.25, 0.3) is 5.91 Å². The number of carbonyl (C=O) groups excluding carboxylic acids is 2. The molecule has 1 fully saturated rings. The number of halogens is 2. The van der Waals surface area contributed by atoms with Crippen molar-refractivity contribution in [2.45, 2.75) is 0 Å². The molecule has 1 aliphatic rings. The van der Waals surface area contributed by atoms with E-state index in [0.29, 0.717) is 53.3 Å². The predicted octanol–water partition coefficient (Wildman–Crippen LogP) is 3.05. The molecule has 0 aliphatic carbocycles. The first-order valence-electron chi connectivity index (χ1n) is 7.74. The first-order chi connectivity index (χ1) is 12.1. The molecule has 1 N–H and O–H groups in total. The summed E-state index contributed by atoms with van der Waals surface area (Å²) in [5.74, 6) is -0.141. The van der Waals surface area contributed by atoms with Crippen molar-refractivity contribution in [2.24, 2.45) is 0 Å². The molecule has 0 bridgehead atoms. The Kier molecular flexibility index (Phi) is 5.40. The van der Waals surface area contributed by atoms with Gasteiger partial charge in [-0.1, -0.05) is 29.3 Å². The summed E-state index contributed by atoms with van der Waals surface area (Å²) in [6, 6.07) is 8.73. The van der Waals surface area contributed by atoms with Gasteiger partial charge in [0.05, 0.1) is 27.6 Å². The van der Waals surface area contributed by atoms with Gasteiger partial charge in [-0.3, -0.25) is 9.59 Å². The Balaban J connectivity index is 1.67. The molecule has 2 heterocycles. The van der Waals surface area contributed by atoms with Crippen LogP contribution in [-0.2, 0) is 4.79 Å². The van der Waals surface area contributed by atoms with Crippen LogP contribution in [0.1, 0.15) is 10.5 Å². The lowest BCUT2D eigenvalue weighted by Crippen LogP contribution is -2.48. The lowest BCUT2D eigenvalue weighted by molar-refractivity contribution is -0.119. The average Bonchev–Trinajstić information content (AvgIpc) is 2.65. The highest BCUT2D eigenvalue weighted by Crippen LogP contribution is 2.31. The fourth-order valence-corrected chi connectivity index (χ4v) is 2.89. The van der Waals surface area contributed by atoms with E-state index in [1.165, 1.54) is 0 Å². The first-order valence-corrected chi connectivity index (χ1v) is 8.50. The molecule has 1 saturated heterocycles. The Hall–Kier alpha value is -2.31. The van der Waals surface area contributed by atoms with E-state index in [-0.39, 0.29) is 5.91 Å². The summed E-state index contributed by atoms with van der Waals surface area (Å²) in [5.41, 5.74) is 1.73. The minimum absolute atomic E-state index is 0.141. The molecule has 0 atom stereocenters. The number of nitrogens with zero attached hydrogens (tertiary/aromatic N) is 3. The third-order valence-electron chi connectivity index (χ3n) is 3.96. The van der Waals surface area contributed by atoms with Crippen molar-refractivity contribution in [3.63, 3.8) is 0 Å². The van der Waals surface area contributed by atoms with Crippen LogP contribution in [0.2, 0.25) is 10.0 Å². The molecule has 1 aliphatic heterocycles. The van der Waals surface area contributed by atoms with Crippen LogP contribution in [0, 0.1) is 0 Å². The van der Waals surface area contributed by atoms with Crippen molar-refractivity contribution >= 4 is 46.9 Å². The van der Waals surface area contributed by atoms with Gasteiger partial charge in [-0.2, -0.15) is 0 Å². The zero-order chi connectivity index (χ0) is 17.8. The van der Waals surface area contributed by atoms with Crippen LogP contribution in [0.5, 0.6) is 0 Å². The van der Waals surface area contributed by atoms with Crippen LogP contribution in [0.3, 0.4) is 0 Å². The normalized spacial score (nSPS) is 14.3. The highest BCUT2D eigenvalue weighted by atomic mass is 35.5. The third-order valence-corrected chi connectivity index (χ3v) is 4.78. The van der Waals surface area contributed by atoms with E-state index in [4.69, 9.17) is 23.2 Å². The summed E-state index contributed by atoms with van der Waals surface area (Å²) in [4.78, 5) is 30.8. The molecule has 25 heavy (non-hydrogen) atoms. The van der Waals surface area contributed by atoms with Gasteiger partial charge in [0.2, 0.25) is 6.41 Å². The van der Waals surface area contributed by atoms with E-state index in [2.05, 4.69) is 10.3 Å². The van der Waals surface area contributed by atoms with Crippen LogP contribution >= 0.6 is 23.2 Å². The van der Waals surface area contributed by atoms with E-state index in [9.17, 15) is 9.59 Å². The summed E-state index contributed by atoms with van der Waals surface area (Å²) in [7, 11) is 0. The summed E-state index contributed by atoms with van der Waals surface area (Å²) >= 11 is 12.1. The summed E-state index contributed by atoms with van der Waals surface area (Å²) < 4.78 is 0. The van der Waals surface area contributed by atoms with E-state index in [1.807, 2.05) is 0 Å². The standard InChI is InChI=1S/C17H16Cl2N4O2/c18-13-2-1-3-14(16(13)19)21-12-4-5-15(20-10-12)17(25)23-8-6-22(11-24)7-9-23/h1-5,10-11,21H,6-9H2. The Morgan fingerprint density at radius 3 is 2.52 bits per heavy atom. The highest BCUT2D eigenvalue weighted by molar-refractivity contribution is 6.43. The van der Waals surface area contributed by atoms with Gasteiger partial charge in [0, 0.05) is 26.2 Å². The Morgan fingerprint density at radius 2 is 1.88 bits per heavy atom. The van der Waals surface area contributed by atoms with Gasteiger partial charge >= 0.3 is 0 Å². The fraction of sp³-hybridized carbons (Fsp3) is 0.235. The van der Waals surface area contributed by atoms with E-state index >= 15 is 0 Å². The molecule has 1 aromatic carbocycles. The predicted molar refractivity (Wildman–Crippen MR) is 97.5 cm³/mol. The SMILES string of the molecule is O=CN1CCN(C(=O)c2ccc(Nc3cccc(Cl)c3Cl)cn2)CC1. The maximum atomic E-state index is 12.5. The van der Waals surface area contributed by atoms with Gasteiger partial charge in [-0.25, -0.2) is 4.98 Å². The van der Waals surface area contributed by atoms with Gasteiger partial charge in [0.15, 0.2) is 0 Å². The second-order valence-electron chi connectivity index (χ2n) is 5.59. The molecule has 8 heteroatoms. The van der Waals surface area contributed by atoms with Crippen molar-refractivity contribution < 1.29 is 9.59 Å². The van der Waals surface area contributed by atoms with Gasteiger partial charge in [-0.15, -0.1) is 0 Å². The lowest BCUT2D eigenvalue weighted by atomic mass is 10.2. The summed E-state index contributed by atoms with van der Waals surface area (Å²) in [6.07, 6.45) is 2.38. The molecule has 3 rings (SSSR count). The number of amides is 2. The Labute approximate surface area is 155 Å². The van der Waals surface area contributed by atoms with Gasteiger partial charge < -0.3 is 15.1 Å². The minimum atomic E-state index is -0.141. The van der Waals surface area contributed by atoms with Crippen molar-refractivity contribution in [1.29, 1.82) is 0 Å². The molecule has 0 radical (unpaired) electrons. The fourth-order valence-electron chi connectivity index (χ4n) is 2.54. The number of piperazine rings is 1. The maximum Gasteiger partial charge on any atom is 0.272 e. The van der Waals surface area contributed by atoms with Crippen LogP contribution < -0.4 is 5.32 Å². The summed E-state index contributed by atoms with van der Waals surface area (Å²) in [5, 5.41) is 4.01. The van der Waals surface area contributed by atoms with Gasteiger partial charge in [-0.05, 0) is 24.3 Å². The highest BCUT2D eigenvalue weighted by Gasteiger charge is 2.22. The number of nitrogens with one attached hydrogen (secondary N) is 1. The molecule has 0 unspecified atom stereocenters. The summed E-state index contributed by atoms with van der Waals surface area (Å²) in [6.45, 7) is 2.11. The number of hydrogen-bond acceptors (Lipinski definition) is 4. The Bertz CT molecular complexity index is 775. The number of aromatic nitrogens is 1. The Morgan fingerprint density at radius 1 is 1.12 bits per heavy atom. The van der Waals surface area contributed by atoms with Crippen LogP contribution in [0.4, 0.5) is 11.4 Å². The van der Waals surface area contributed by atoms with E-state index in [0.717, 1.165) is 6.41 Å². The molecule has 0 saturated carbocycles. The first kappa shape index (κ1) is 17.5. The zero-order valence-electron chi connectivity index (χ0n) is 13.3. The quantitative estimate of drug-likeness (QED) is 0.830. The number of rotatable bonds is 4. The monoisotopic (exact) mass is 378 g/mol. The topological polar surface area (TPSA) is 65.5 Å². The average molecular weight is 379 g/mol. The zero-order valence-corrected chi connectivity index (χ0v) is 14.8. The van der Waals surface area contributed by atoms with Crippen molar-refractivity contribution in [1.82, 2.24) is 14.8 Å². The largest absolute Gasteiger partial charge is 0.353 e. The molecular formula is C17H16Cl2N4O2. The molecule has 1 aromatic heterocycles. The van der Waals surface area contributed by atoms with Crippen LogP contribution in [0.25, 0.3) is 0 Å². The maximum absolute atomic E-state index is 12.5. The molecule has 2 aromatic rings. The number of hydrogen-bond donors (Lipinski definition) is 1. The van der Waals surface area contributed by atoms with Gasteiger partial charge in [0.1, 0.15) is 5.69 Å². The van der Waals surface area contributed by atoms with Crippen molar-refractivity contribution in [3.8, 4) is 0 Å². The van der Waals surface area contributed by atoms with Crippen LogP contribution in [0.15, 0.2) is 36.5 Å². The smallest absolute Gasteiger partial charge is 0.272 e. The van der Waals surface area contributed by atoms with Crippen molar-refractivity contribution in [2.75, 3.05) is 31.5 Å². The molecule has 130 valence electrons. The molecule has 0 spiro atoms. The van der Waals surface area contributed by atoms with E-state index < -0.39 is 0 Å². The van der Waals surface area contributed by atoms with Crippen LogP contribution in [-0.4, -0.2) is 53.3 Å². The number of anilines is 2.